The van der Waals surface area contributed by atoms with Gasteiger partial charge in [0.1, 0.15) is 12.4 Å². The zero-order valence-electron chi connectivity index (χ0n) is 13.3. The van der Waals surface area contributed by atoms with E-state index in [0.717, 1.165) is 43.4 Å². The number of nitrogens with two attached hydrogens (primary N) is 1. The molecule has 2 aliphatic rings. The van der Waals surface area contributed by atoms with Crippen molar-refractivity contribution in [2.45, 2.75) is 38.1 Å². The molecule has 0 bridgehead atoms. The maximum absolute atomic E-state index is 12.2. The number of carbonyl (C=O) groups is 2. The van der Waals surface area contributed by atoms with Gasteiger partial charge in [-0.3, -0.25) is 9.59 Å². The van der Waals surface area contributed by atoms with Gasteiger partial charge in [-0.05, 0) is 37.4 Å². The molecule has 1 aromatic rings. The van der Waals surface area contributed by atoms with E-state index in [1.807, 2.05) is 9.47 Å². The van der Waals surface area contributed by atoms with Gasteiger partial charge in [0.25, 0.3) is 0 Å². The van der Waals surface area contributed by atoms with Gasteiger partial charge in [0.2, 0.25) is 11.8 Å². The van der Waals surface area contributed by atoms with Crippen LogP contribution >= 0.6 is 11.8 Å². The topological polar surface area (TPSA) is 81.2 Å². The Bertz CT molecular complexity index is 562. The van der Waals surface area contributed by atoms with Crippen LogP contribution in [0.4, 0.5) is 0 Å². The van der Waals surface area contributed by atoms with E-state index in [2.05, 4.69) is 4.98 Å². The highest BCUT2D eigenvalue weighted by atomic mass is 32.2. The van der Waals surface area contributed by atoms with Crippen molar-refractivity contribution < 1.29 is 9.59 Å². The molecule has 23 heavy (non-hydrogen) atoms. The fourth-order valence-corrected chi connectivity index (χ4v) is 4.20. The molecule has 1 aliphatic carbocycles. The van der Waals surface area contributed by atoms with Gasteiger partial charge in [-0.25, -0.2) is 4.98 Å². The van der Waals surface area contributed by atoms with Gasteiger partial charge in [-0.15, -0.1) is 0 Å². The van der Waals surface area contributed by atoms with Crippen molar-refractivity contribution in [3.63, 3.8) is 0 Å². The van der Waals surface area contributed by atoms with Crippen LogP contribution in [0.25, 0.3) is 0 Å². The van der Waals surface area contributed by atoms with Crippen LogP contribution in [0.5, 0.6) is 0 Å². The van der Waals surface area contributed by atoms with Gasteiger partial charge in [0.05, 0.1) is 5.75 Å². The Labute approximate surface area is 140 Å². The van der Waals surface area contributed by atoms with Crippen molar-refractivity contribution >= 4 is 23.6 Å². The van der Waals surface area contributed by atoms with E-state index in [4.69, 9.17) is 5.73 Å². The van der Waals surface area contributed by atoms with Crippen LogP contribution in [-0.4, -0.2) is 50.9 Å². The second kappa shape index (κ2) is 7.38. The highest BCUT2D eigenvalue weighted by Crippen LogP contribution is 2.32. The van der Waals surface area contributed by atoms with Crippen LogP contribution in [-0.2, 0) is 16.1 Å². The third-order valence-corrected chi connectivity index (χ3v) is 5.72. The molecule has 2 fully saturated rings. The van der Waals surface area contributed by atoms with Gasteiger partial charge < -0.3 is 15.2 Å². The summed E-state index contributed by atoms with van der Waals surface area (Å²) < 4.78 is 1.83. The number of imidazole rings is 1. The lowest BCUT2D eigenvalue weighted by atomic mass is 9.96. The van der Waals surface area contributed by atoms with Crippen molar-refractivity contribution in [1.29, 1.82) is 0 Å². The van der Waals surface area contributed by atoms with Crippen LogP contribution in [0.3, 0.4) is 0 Å². The first-order chi connectivity index (χ1) is 11.1. The standard InChI is InChI=1S/C16H24N4O2S/c17-14(21)9-20-8-5-18-16(20)13-3-6-19(7-4-13)15(22)11-23-10-12-1-2-12/h5,8,12-13H,1-4,6-7,9-11H2,(H2,17,21). The predicted octanol–water partition coefficient (Wildman–Crippen LogP) is 1.22. The Morgan fingerprint density at radius 3 is 2.65 bits per heavy atom. The lowest BCUT2D eigenvalue weighted by Gasteiger charge is -2.32. The first kappa shape index (κ1) is 16.4. The molecule has 7 heteroatoms. The van der Waals surface area contributed by atoms with Crippen molar-refractivity contribution in [1.82, 2.24) is 14.5 Å². The molecule has 2 amide bonds. The predicted molar refractivity (Wildman–Crippen MR) is 90.0 cm³/mol. The molecule has 0 spiro atoms. The summed E-state index contributed by atoms with van der Waals surface area (Å²) in [6.07, 6.45) is 7.98. The summed E-state index contributed by atoms with van der Waals surface area (Å²) in [5.74, 6) is 3.72. The van der Waals surface area contributed by atoms with Crippen molar-refractivity contribution in [3.8, 4) is 0 Å². The minimum Gasteiger partial charge on any atom is -0.368 e. The van der Waals surface area contributed by atoms with E-state index in [0.29, 0.717) is 11.7 Å². The van der Waals surface area contributed by atoms with E-state index in [9.17, 15) is 9.59 Å². The summed E-state index contributed by atoms with van der Waals surface area (Å²) in [6.45, 7) is 1.72. The quantitative estimate of drug-likeness (QED) is 0.812. The number of piperidine rings is 1. The van der Waals surface area contributed by atoms with E-state index < -0.39 is 0 Å². The van der Waals surface area contributed by atoms with Crippen LogP contribution in [0, 0.1) is 5.92 Å². The lowest BCUT2D eigenvalue weighted by molar-refractivity contribution is -0.129. The Hall–Kier alpha value is -1.50. The van der Waals surface area contributed by atoms with Gasteiger partial charge in [0.15, 0.2) is 0 Å². The summed E-state index contributed by atoms with van der Waals surface area (Å²) in [4.78, 5) is 29.7. The van der Waals surface area contributed by atoms with Crippen LogP contribution in [0.1, 0.15) is 37.4 Å². The molecule has 0 radical (unpaired) electrons. The van der Waals surface area contributed by atoms with Crippen LogP contribution < -0.4 is 5.73 Å². The molecular formula is C16H24N4O2S. The molecule has 1 saturated carbocycles. The third-order valence-electron chi connectivity index (χ3n) is 4.56. The summed E-state index contributed by atoms with van der Waals surface area (Å²) in [6, 6.07) is 0. The molecule has 1 saturated heterocycles. The number of likely N-dealkylation sites (tertiary alicyclic amines) is 1. The second-order valence-electron chi connectivity index (χ2n) is 6.49. The molecular weight excluding hydrogens is 312 g/mol. The number of aromatic nitrogens is 2. The molecule has 6 nitrogen and oxygen atoms in total. The Morgan fingerprint density at radius 2 is 2.00 bits per heavy atom. The minimum atomic E-state index is -0.357. The fourth-order valence-electron chi connectivity index (χ4n) is 3.06. The summed E-state index contributed by atoms with van der Waals surface area (Å²) in [7, 11) is 0. The molecule has 0 unspecified atom stereocenters. The van der Waals surface area contributed by atoms with E-state index in [1.54, 1.807) is 24.2 Å². The van der Waals surface area contributed by atoms with E-state index in [-0.39, 0.29) is 18.4 Å². The monoisotopic (exact) mass is 336 g/mol. The largest absolute Gasteiger partial charge is 0.368 e. The zero-order chi connectivity index (χ0) is 16.2. The zero-order valence-corrected chi connectivity index (χ0v) is 14.1. The maximum atomic E-state index is 12.2. The SMILES string of the molecule is NC(=O)Cn1ccnc1C1CCN(C(=O)CSCC2CC2)CC1. The summed E-state index contributed by atoms with van der Waals surface area (Å²) >= 11 is 1.77. The number of nitrogens with zero attached hydrogens (tertiary/aromatic N) is 3. The van der Waals surface area contributed by atoms with Gasteiger partial charge in [-0.1, -0.05) is 0 Å². The maximum Gasteiger partial charge on any atom is 0.237 e. The molecule has 2 heterocycles. The molecule has 3 rings (SSSR count). The number of rotatable bonds is 7. The highest BCUT2D eigenvalue weighted by Gasteiger charge is 2.27. The molecule has 2 N–H and O–H groups in total. The van der Waals surface area contributed by atoms with Gasteiger partial charge in [0, 0.05) is 31.4 Å². The summed E-state index contributed by atoms with van der Waals surface area (Å²) in [5, 5.41) is 0. The number of amides is 2. The Morgan fingerprint density at radius 1 is 1.26 bits per heavy atom. The third kappa shape index (κ3) is 4.50. The molecule has 1 aliphatic heterocycles. The number of primary amides is 1. The Kier molecular flexibility index (Phi) is 5.25. The van der Waals surface area contributed by atoms with E-state index >= 15 is 0 Å². The van der Waals surface area contributed by atoms with Crippen molar-refractivity contribution in [2.24, 2.45) is 11.7 Å². The van der Waals surface area contributed by atoms with Gasteiger partial charge in [-0.2, -0.15) is 11.8 Å². The fraction of sp³-hybridized carbons (Fsp3) is 0.688. The van der Waals surface area contributed by atoms with Crippen molar-refractivity contribution in [2.75, 3.05) is 24.6 Å². The van der Waals surface area contributed by atoms with Gasteiger partial charge >= 0.3 is 0 Å². The smallest absolute Gasteiger partial charge is 0.237 e. The second-order valence-corrected chi connectivity index (χ2v) is 7.52. The molecule has 126 valence electrons. The average molecular weight is 336 g/mol. The first-order valence-electron chi connectivity index (χ1n) is 8.28. The van der Waals surface area contributed by atoms with E-state index in [1.165, 1.54) is 12.8 Å². The van der Waals surface area contributed by atoms with Crippen molar-refractivity contribution in [3.05, 3.63) is 18.2 Å². The molecule has 0 aromatic carbocycles. The minimum absolute atomic E-state index is 0.173. The number of hydrogen-bond acceptors (Lipinski definition) is 4. The molecule has 1 aromatic heterocycles. The summed E-state index contributed by atoms with van der Waals surface area (Å²) in [5.41, 5.74) is 5.27. The number of thioether (sulfide) groups is 1. The number of carbonyl (C=O) groups excluding carboxylic acids is 2. The normalized spacial score (nSPS) is 19.0. The Balaban J connectivity index is 1.46. The highest BCUT2D eigenvalue weighted by molar-refractivity contribution is 7.99. The van der Waals surface area contributed by atoms with Crippen LogP contribution in [0.15, 0.2) is 12.4 Å². The average Bonchev–Trinajstić information content (AvgIpc) is 3.24. The lowest BCUT2D eigenvalue weighted by Crippen LogP contribution is -2.39. The van der Waals surface area contributed by atoms with Crippen LogP contribution in [0.2, 0.25) is 0 Å². The number of hydrogen-bond donors (Lipinski definition) is 1. The first-order valence-corrected chi connectivity index (χ1v) is 9.44. The molecule has 0 atom stereocenters.